The van der Waals surface area contributed by atoms with E-state index < -0.39 is 288 Å². The van der Waals surface area contributed by atoms with Gasteiger partial charge in [-0.3, -0.25) is 43.2 Å². The molecule has 3 saturated heterocycles. The van der Waals surface area contributed by atoms with Crippen LogP contribution < -0.4 is 55.6 Å². The van der Waals surface area contributed by atoms with Crippen LogP contribution in [0.15, 0.2) is 115 Å². The van der Waals surface area contributed by atoms with Crippen molar-refractivity contribution in [3.05, 3.63) is 164 Å². The van der Waals surface area contributed by atoms with Crippen LogP contribution in [0.2, 0.25) is 10.0 Å². The molecule has 0 aromatic heterocycles. The number of carbonyl (C=O) groups is 9. The molecular weight excluding hydrogens is 1880 g/mol. The molecule has 7 aromatic carbocycles. The maximum Gasteiger partial charge on any atom is 0.373 e. The number of ether oxygens (including phenoxy) is 10. The third kappa shape index (κ3) is 24.9. The van der Waals surface area contributed by atoms with Crippen LogP contribution in [0.4, 0.5) is 0 Å². The number of carbonyl (C=O) groups excluding carboxylic acids is 11. The number of hydrogen-bond donors (Lipinski definition) is 19. The number of fused-ring (bicyclic) bond motifs is 14. The third-order valence-electron chi connectivity index (χ3n) is 25.4. The van der Waals surface area contributed by atoms with E-state index in [-0.39, 0.29) is 86.6 Å². The highest BCUT2D eigenvalue weighted by Crippen LogP contribution is 2.51. The number of benzene rings is 7. The molecule has 17 bridgehead atoms. The van der Waals surface area contributed by atoms with Crippen LogP contribution in [-0.4, -0.2) is 249 Å². The van der Waals surface area contributed by atoms with E-state index in [1.165, 1.54) is 73.7 Å². The van der Waals surface area contributed by atoms with Crippen LogP contribution in [0.1, 0.15) is 193 Å². The largest absolute Gasteiger partial charge is 0.508 e. The van der Waals surface area contributed by atoms with Crippen molar-refractivity contribution in [3.63, 3.8) is 0 Å². The number of amides is 6. The first-order valence-electron chi connectivity index (χ1n) is 46.1. The van der Waals surface area contributed by atoms with Gasteiger partial charge in [0, 0.05) is 62.4 Å². The van der Waals surface area contributed by atoms with Gasteiger partial charge in [-0.2, -0.15) is 9.59 Å². The quantitative estimate of drug-likeness (QED) is 0.0219. The average Bonchev–Trinajstić information content (AvgIpc) is 0.761. The second kappa shape index (κ2) is 47.4. The summed E-state index contributed by atoms with van der Waals surface area (Å²) in [7, 11) is 0. The SMILES string of the molecule is CCCCCCCCC(=O)NC1[C@H](Oc2c3cc4cc2Oc2ccc(cc2Cl)[C@@H](O[C@@H]2OC(CO)[C@@H](O)[C@H](O)C2NC(C)=O)[C@@H]2NC(=O)[C@H](CC(=O)[C@@H]4NC(=O)[C@H]4CC(=O)[C@@H](Cc5ccc(c(Cl)c5)O3)NC(=O)[C@H](C)c3ccc(O)c(c3)Oc3cc(O)cc4c3)c3ccc(O)c(c3)-c3c(cc(O)cc3O[C@H]3OC(CO)[C@@H](O)C(O)[C@H]3O)CNC2=O)OC(COC(=O)CCCCCCC)[C@@H](O)[C@@H]1O.O=C=O. The number of esters is 1. The minimum atomic E-state index is -2.30. The number of unbranched alkanes of at least 4 members (excludes halogenated alkanes) is 9. The fraction of sp³-hybridized carbons (Fsp3) is 0.469. The number of rotatable bonds is 25. The Bertz CT molecular complexity index is 5730. The Kier molecular flexibility index (Phi) is 35.6. The molecule has 0 saturated carbocycles. The summed E-state index contributed by atoms with van der Waals surface area (Å²) in [6, 6.07) is 13.4. The van der Waals surface area contributed by atoms with E-state index >= 15 is 24.0 Å². The fourth-order valence-corrected chi connectivity index (χ4v) is 18.3. The highest BCUT2D eigenvalue weighted by atomic mass is 35.5. The molecule has 42 heteroatoms. The summed E-state index contributed by atoms with van der Waals surface area (Å²) in [5, 5.41) is 165. The Morgan fingerprint density at radius 3 is 1.74 bits per heavy atom. The monoisotopic (exact) mass is 1990 g/mol. The molecule has 9 aliphatic rings. The lowest BCUT2D eigenvalue weighted by molar-refractivity contribution is -0.284. The molecule has 19 N–H and O–H groups in total. The summed E-state index contributed by atoms with van der Waals surface area (Å²) < 4.78 is 64.6. The normalized spacial score (nSPS) is 27.2. The molecule has 7 aromatic rings. The Morgan fingerprint density at radius 2 is 1.07 bits per heavy atom. The summed E-state index contributed by atoms with van der Waals surface area (Å²) >= 11 is 15.0. The average molecular weight is 1990 g/mol. The van der Waals surface area contributed by atoms with Crippen LogP contribution in [0.3, 0.4) is 0 Å². The summed E-state index contributed by atoms with van der Waals surface area (Å²) in [6.45, 7) is 3.21. The zero-order valence-corrected chi connectivity index (χ0v) is 78.0. The predicted octanol–water partition coefficient (Wildman–Crippen LogP) is 6.35. The lowest BCUT2D eigenvalue weighted by Crippen LogP contribution is -2.65. The Morgan fingerprint density at radius 1 is 0.500 bits per heavy atom. The minimum Gasteiger partial charge on any atom is -0.508 e. The van der Waals surface area contributed by atoms with Crippen molar-refractivity contribution in [3.8, 4) is 80.1 Å². The van der Waals surface area contributed by atoms with E-state index in [1.54, 1.807) is 0 Å². The molecule has 9 heterocycles. The molecule has 0 spiro atoms. The minimum absolute atomic E-state index is 0.0413. The molecular formula is C98H112Cl2N6O34. The second-order valence-electron chi connectivity index (χ2n) is 35.4. The Balaban J connectivity index is 0.00000543. The molecule has 22 atom stereocenters. The maximum atomic E-state index is 17.3. The van der Waals surface area contributed by atoms with Crippen LogP contribution in [0, 0.1) is 0 Å². The van der Waals surface area contributed by atoms with Gasteiger partial charge in [-0.1, -0.05) is 119 Å². The molecule has 6 unspecified atom stereocenters. The van der Waals surface area contributed by atoms with Crippen molar-refractivity contribution in [2.75, 3.05) is 19.8 Å². The number of phenolic OH excluding ortho intramolecular Hbond substituents is 4. The Hall–Kier alpha value is -12.2. The maximum absolute atomic E-state index is 17.3. The van der Waals surface area contributed by atoms with Crippen molar-refractivity contribution in [2.24, 2.45) is 0 Å². The molecule has 752 valence electrons. The zero-order chi connectivity index (χ0) is 101. The second-order valence-corrected chi connectivity index (χ2v) is 36.2. The first kappa shape index (κ1) is 105. The molecule has 16 rings (SSSR count). The van der Waals surface area contributed by atoms with Gasteiger partial charge in [-0.15, -0.1) is 0 Å². The highest BCUT2D eigenvalue weighted by Gasteiger charge is 2.52. The molecule has 40 nitrogen and oxygen atoms in total. The lowest BCUT2D eigenvalue weighted by atomic mass is 9.85. The molecule has 9 aliphatic heterocycles. The summed E-state index contributed by atoms with van der Waals surface area (Å²) in [4.78, 5) is 155. The van der Waals surface area contributed by atoms with Gasteiger partial charge < -0.3 is 146 Å². The standard InChI is InChI=1S/C97H112Cl2N6O32.CO2/c1-5-7-9-11-13-14-16-75(115)103-80-86(121)84(119)74(43-128-76(116)17-15-12-10-8-6-2)135-96(80)137-90-70-34-51-35-71(90)131-67-25-21-49(32-60(67)99)89(136-95-79(101-45(4)108)85(120)82(117)72(41-106)133-95)81-94(127)100-40-52-29-54(110)37-69(132-97-88(123)87(122)83(118)73(42-107)134-97)77(52)58-31-48(20-22-62(58)111)56(92(125)105-81)39-65(114)78(51)104-93(126)57-38-64(113)61(27-46-18-24-66(130-70)59(98)26-46)102-91(124)44(3)47-19-23-63(112)68(33-47)129-55-30-50(57)28-53(109)36-55;2-1-3/h18-26,28-37,44,56-57,61,72-74,78-89,95-97,106-107,109-112,117-123H,5-17,27,38-43H2,1-4H3,(H,100,127)(H,101,108)(H,102,124)(H,103,115)(H,104,126)(H,105,125);/t44-,56-,57+,61-,72?,73?,74?,78-,79?,80?,81+,82-,83-,84-,85-,86-,87?,88-,89-,95+,96+,97+;/m1./s1. The number of ketones is 2. The van der Waals surface area contributed by atoms with Gasteiger partial charge in [-0.25, -0.2) is 0 Å². The van der Waals surface area contributed by atoms with E-state index in [4.69, 9.17) is 80.2 Å². The summed E-state index contributed by atoms with van der Waals surface area (Å²) in [5.41, 5.74) is -1.34. The number of aromatic hydroxyl groups is 4. The molecule has 0 aliphatic carbocycles. The van der Waals surface area contributed by atoms with Gasteiger partial charge in [0.05, 0.1) is 47.1 Å². The van der Waals surface area contributed by atoms with E-state index in [9.17, 15) is 85.6 Å². The summed E-state index contributed by atoms with van der Waals surface area (Å²) in [6.07, 6.45) is -21.3. The van der Waals surface area contributed by atoms with Gasteiger partial charge in [-0.05, 0) is 144 Å². The number of nitrogens with one attached hydrogen (secondary N) is 6. The first-order valence-corrected chi connectivity index (χ1v) is 46.8. The van der Waals surface area contributed by atoms with Crippen LogP contribution in [0.25, 0.3) is 11.1 Å². The van der Waals surface area contributed by atoms with Crippen molar-refractivity contribution in [1.29, 1.82) is 0 Å². The van der Waals surface area contributed by atoms with E-state index in [0.717, 1.165) is 100 Å². The van der Waals surface area contributed by atoms with Gasteiger partial charge in [0.1, 0.15) is 138 Å². The number of phenols is 4. The first-order chi connectivity index (χ1) is 67.0. The summed E-state index contributed by atoms with van der Waals surface area (Å²) in [5.74, 6) is -19.6. The van der Waals surface area contributed by atoms with Crippen molar-refractivity contribution in [1.82, 2.24) is 31.9 Å². The number of aliphatic hydroxyl groups is 9. The topological polar surface area (TPSA) is 615 Å². The van der Waals surface area contributed by atoms with Crippen molar-refractivity contribution >= 4 is 82.3 Å². The fourth-order valence-electron chi connectivity index (χ4n) is 17.8. The number of aliphatic hydroxyl groups excluding tert-OH is 9. The number of Topliss-reactive ketones (excluding diaryl/α,β-unsaturated/α-hetero) is 2. The van der Waals surface area contributed by atoms with Crippen LogP contribution >= 0.6 is 23.2 Å². The molecule has 3 fully saturated rings. The molecule has 0 radical (unpaired) electrons. The van der Waals surface area contributed by atoms with Crippen molar-refractivity contribution < 1.29 is 166 Å². The molecule has 6 amide bonds. The van der Waals surface area contributed by atoms with Gasteiger partial charge >= 0.3 is 12.1 Å². The Labute approximate surface area is 811 Å². The number of hydrogen-bond acceptors (Lipinski definition) is 34. The number of halogens is 2. The molecule has 140 heavy (non-hydrogen) atoms. The van der Waals surface area contributed by atoms with E-state index in [0.29, 0.717) is 31.2 Å². The lowest BCUT2D eigenvalue weighted by Gasteiger charge is -2.44. The van der Waals surface area contributed by atoms with Gasteiger partial charge in [0.25, 0.3) is 0 Å². The van der Waals surface area contributed by atoms with E-state index in [2.05, 4.69) is 38.8 Å². The van der Waals surface area contributed by atoms with E-state index in [1.807, 2.05) is 6.92 Å². The highest BCUT2D eigenvalue weighted by molar-refractivity contribution is 6.32. The smallest absolute Gasteiger partial charge is 0.373 e. The third-order valence-corrected chi connectivity index (χ3v) is 26.0. The van der Waals surface area contributed by atoms with Crippen LogP contribution in [0.5, 0.6) is 69.0 Å². The van der Waals surface area contributed by atoms with Crippen molar-refractivity contribution in [2.45, 2.75) is 271 Å². The predicted molar refractivity (Wildman–Crippen MR) is 489 cm³/mol. The van der Waals surface area contributed by atoms with Gasteiger partial charge in [0.15, 0.2) is 40.9 Å². The van der Waals surface area contributed by atoms with Gasteiger partial charge in [0.2, 0.25) is 53.8 Å². The zero-order valence-electron chi connectivity index (χ0n) is 76.5. The van der Waals surface area contributed by atoms with Crippen LogP contribution in [-0.2, 0) is 89.4 Å².